The molecule has 0 saturated carbocycles. The smallest absolute Gasteiger partial charge is 0.222 e. The van der Waals surface area contributed by atoms with Gasteiger partial charge in [0.25, 0.3) is 0 Å². The van der Waals surface area contributed by atoms with E-state index >= 15 is 0 Å². The summed E-state index contributed by atoms with van der Waals surface area (Å²) in [4.78, 5) is 13.9. The lowest BCUT2D eigenvalue weighted by molar-refractivity contribution is -0.130. The van der Waals surface area contributed by atoms with E-state index in [0.29, 0.717) is 6.42 Å². The van der Waals surface area contributed by atoms with Crippen LogP contribution >= 0.6 is 15.9 Å². The highest BCUT2D eigenvalue weighted by molar-refractivity contribution is 9.10. The van der Waals surface area contributed by atoms with Gasteiger partial charge in [-0.15, -0.1) is 0 Å². The Hall–Kier alpha value is -0.870. The van der Waals surface area contributed by atoms with Gasteiger partial charge >= 0.3 is 0 Å². The maximum Gasteiger partial charge on any atom is 0.222 e. The largest absolute Gasteiger partial charge is 0.346 e. The number of benzene rings is 1. The number of carbonyl (C=O) groups is 1. The van der Waals surface area contributed by atoms with Crippen molar-refractivity contribution in [1.82, 2.24) is 10.2 Å². The zero-order valence-corrected chi connectivity index (χ0v) is 13.5. The first-order chi connectivity index (χ1) is 9.04. The van der Waals surface area contributed by atoms with Gasteiger partial charge in [-0.3, -0.25) is 4.79 Å². The van der Waals surface area contributed by atoms with Gasteiger partial charge < -0.3 is 10.2 Å². The van der Waals surface area contributed by atoms with Crippen LogP contribution in [0, 0.1) is 0 Å². The number of halogens is 1. The highest BCUT2D eigenvalue weighted by atomic mass is 79.9. The van der Waals surface area contributed by atoms with Crippen molar-refractivity contribution in [3.63, 3.8) is 0 Å². The molecule has 0 aromatic heterocycles. The summed E-state index contributed by atoms with van der Waals surface area (Å²) in [5, 5.41) is 3.09. The van der Waals surface area contributed by atoms with E-state index in [1.807, 2.05) is 31.1 Å². The molecule has 0 aliphatic carbocycles. The highest BCUT2D eigenvalue weighted by Gasteiger charge is 2.14. The third-order valence-corrected chi connectivity index (χ3v) is 3.79. The molecule has 0 aliphatic heterocycles. The predicted octanol–water partition coefficient (Wildman–Crippen LogP) is 3.01. The van der Waals surface area contributed by atoms with Gasteiger partial charge in [-0.25, -0.2) is 0 Å². The molecule has 0 bridgehead atoms. The Morgan fingerprint density at radius 2 is 2.00 bits per heavy atom. The van der Waals surface area contributed by atoms with E-state index in [-0.39, 0.29) is 11.8 Å². The van der Waals surface area contributed by atoms with Crippen LogP contribution < -0.4 is 5.32 Å². The van der Waals surface area contributed by atoms with Crippen molar-refractivity contribution < 1.29 is 4.79 Å². The molecule has 1 N–H and O–H groups in total. The Morgan fingerprint density at radius 3 is 2.58 bits per heavy atom. The average Bonchev–Trinajstić information content (AvgIpc) is 2.39. The minimum atomic E-state index is 0.214. The molecular formula is C15H23BrN2O. The second kappa shape index (κ2) is 8.33. The summed E-state index contributed by atoms with van der Waals surface area (Å²) < 4.78 is 1.07. The van der Waals surface area contributed by atoms with Crippen LogP contribution in [0.25, 0.3) is 0 Å². The standard InChI is InChI=1S/C15H23BrN2O/c1-12(13-5-7-14(16)8-6-13)11-15(19)18(3)10-4-9-17-2/h5-8,12,17H,4,9-11H2,1-3H3. The molecule has 0 radical (unpaired) electrons. The maximum absolute atomic E-state index is 12.1. The van der Waals surface area contributed by atoms with Crippen molar-refractivity contribution in [3.05, 3.63) is 34.3 Å². The third-order valence-electron chi connectivity index (χ3n) is 3.27. The van der Waals surface area contributed by atoms with Gasteiger partial charge in [0.05, 0.1) is 0 Å². The number of amides is 1. The second-order valence-electron chi connectivity index (χ2n) is 4.93. The predicted molar refractivity (Wildman–Crippen MR) is 83.4 cm³/mol. The number of carbonyl (C=O) groups excluding carboxylic acids is 1. The molecule has 1 amide bonds. The lowest BCUT2D eigenvalue weighted by Crippen LogP contribution is -2.30. The van der Waals surface area contributed by atoms with E-state index in [9.17, 15) is 4.79 Å². The van der Waals surface area contributed by atoms with Crippen molar-refractivity contribution in [1.29, 1.82) is 0 Å². The van der Waals surface area contributed by atoms with Crippen molar-refractivity contribution in [2.45, 2.75) is 25.7 Å². The van der Waals surface area contributed by atoms with Crippen LogP contribution in [0.3, 0.4) is 0 Å². The van der Waals surface area contributed by atoms with Gasteiger partial charge in [-0.05, 0) is 43.6 Å². The Kier molecular flexibility index (Phi) is 7.10. The van der Waals surface area contributed by atoms with Crippen LogP contribution in [-0.4, -0.2) is 38.0 Å². The minimum absolute atomic E-state index is 0.214. The first-order valence-corrected chi connectivity index (χ1v) is 7.48. The van der Waals surface area contributed by atoms with Crippen molar-refractivity contribution in [2.75, 3.05) is 27.2 Å². The molecule has 1 aromatic rings. The Balaban J connectivity index is 2.44. The topological polar surface area (TPSA) is 32.3 Å². The SMILES string of the molecule is CNCCCN(C)C(=O)CC(C)c1ccc(Br)cc1. The molecule has 1 aromatic carbocycles. The summed E-state index contributed by atoms with van der Waals surface area (Å²) >= 11 is 3.42. The van der Waals surface area contributed by atoms with Crippen LogP contribution in [-0.2, 0) is 4.79 Å². The summed E-state index contributed by atoms with van der Waals surface area (Å²) in [7, 11) is 3.81. The van der Waals surface area contributed by atoms with Crippen molar-refractivity contribution >= 4 is 21.8 Å². The molecule has 0 aliphatic rings. The molecule has 1 rings (SSSR count). The fraction of sp³-hybridized carbons (Fsp3) is 0.533. The summed E-state index contributed by atoms with van der Waals surface area (Å²) in [6, 6.07) is 8.19. The number of rotatable bonds is 7. The molecule has 0 spiro atoms. The van der Waals surface area contributed by atoms with E-state index in [1.165, 1.54) is 5.56 Å². The molecule has 1 atom stereocenters. The van der Waals surface area contributed by atoms with Gasteiger partial charge in [-0.2, -0.15) is 0 Å². The molecule has 106 valence electrons. The highest BCUT2D eigenvalue weighted by Crippen LogP contribution is 2.21. The Labute approximate surface area is 124 Å². The monoisotopic (exact) mass is 326 g/mol. The number of nitrogens with zero attached hydrogens (tertiary/aromatic N) is 1. The van der Waals surface area contributed by atoms with Crippen LogP contribution in [0.2, 0.25) is 0 Å². The van der Waals surface area contributed by atoms with Gasteiger partial charge in [0, 0.05) is 24.5 Å². The zero-order chi connectivity index (χ0) is 14.3. The number of hydrogen-bond donors (Lipinski definition) is 1. The van der Waals surface area contributed by atoms with Crippen molar-refractivity contribution in [2.24, 2.45) is 0 Å². The fourth-order valence-electron chi connectivity index (χ4n) is 1.94. The molecular weight excluding hydrogens is 304 g/mol. The Morgan fingerprint density at radius 1 is 1.37 bits per heavy atom. The summed E-state index contributed by atoms with van der Waals surface area (Å²) in [6.45, 7) is 3.86. The van der Waals surface area contributed by atoms with Gasteiger partial charge in [0.2, 0.25) is 5.91 Å². The molecule has 0 saturated heterocycles. The molecule has 0 fully saturated rings. The van der Waals surface area contributed by atoms with Crippen LogP contribution in [0.1, 0.15) is 31.2 Å². The average molecular weight is 327 g/mol. The van der Waals surface area contributed by atoms with Crippen LogP contribution in [0.15, 0.2) is 28.7 Å². The van der Waals surface area contributed by atoms with E-state index in [0.717, 1.165) is 24.0 Å². The third kappa shape index (κ3) is 5.74. The maximum atomic E-state index is 12.1. The molecule has 1 unspecified atom stereocenters. The van der Waals surface area contributed by atoms with E-state index < -0.39 is 0 Å². The second-order valence-corrected chi connectivity index (χ2v) is 5.84. The van der Waals surface area contributed by atoms with E-state index in [2.05, 4.69) is 40.3 Å². The quantitative estimate of drug-likeness (QED) is 0.781. The minimum Gasteiger partial charge on any atom is -0.346 e. The first-order valence-electron chi connectivity index (χ1n) is 6.68. The van der Waals surface area contributed by atoms with Crippen molar-refractivity contribution in [3.8, 4) is 0 Å². The number of hydrogen-bond acceptors (Lipinski definition) is 2. The zero-order valence-electron chi connectivity index (χ0n) is 11.9. The lowest BCUT2D eigenvalue weighted by Gasteiger charge is -2.20. The molecule has 19 heavy (non-hydrogen) atoms. The van der Waals surface area contributed by atoms with Gasteiger partial charge in [-0.1, -0.05) is 35.0 Å². The lowest BCUT2D eigenvalue weighted by atomic mass is 9.97. The first kappa shape index (κ1) is 16.2. The van der Waals surface area contributed by atoms with Gasteiger partial charge in [0.1, 0.15) is 0 Å². The summed E-state index contributed by atoms with van der Waals surface area (Å²) in [5.74, 6) is 0.471. The Bertz CT molecular complexity index is 392. The summed E-state index contributed by atoms with van der Waals surface area (Å²) in [5.41, 5.74) is 1.21. The van der Waals surface area contributed by atoms with E-state index in [4.69, 9.17) is 0 Å². The van der Waals surface area contributed by atoms with Gasteiger partial charge in [0.15, 0.2) is 0 Å². The van der Waals surface area contributed by atoms with E-state index in [1.54, 1.807) is 0 Å². The van der Waals surface area contributed by atoms with Crippen LogP contribution in [0.4, 0.5) is 0 Å². The molecule has 4 heteroatoms. The number of nitrogens with one attached hydrogen (secondary N) is 1. The molecule has 0 heterocycles. The summed E-state index contributed by atoms with van der Waals surface area (Å²) in [6.07, 6.45) is 1.56. The normalized spacial score (nSPS) is 12.2. The fourth-order valence-corrected chi connectivity index (χ4v) is 2.21. The van der Waals surface area contributed by atoms with Crippen LogP contribution in [0.5, 0.6) is 0 Å². The molecule has 3 nitrogen and oxygen atoms in total.